The van der Waals surface area contributed by atoms with Gasteiger partial charge in [0, 0.05) is 50.5 Å². The molecule has 2 saturated carbocycles. The molecular formula is C52H57NO17. The second-order valence-electron chi connectivity index (χ2n) is 19.1. The number of carboxylic acid groups (broad SMARTS) is 1. The van der Waals surface area contributed by atoms with Crippen molar-refractivity contribution >= 4 is 47.5 Å². The summed E-state index contributed by atoms with van der Waals surface area (Å²) in [5, 5.41) is 37.8. The fourth-order valence-corrected chi connectivity index (χ4v) is 10.9. The zero-order valence-corrected chi connectivity index (χ0v) is 39.6. The molecule has 1 heterocycles. The van der Waals surface area contributed by atoms with Crippen LogP contribution in [0.15, 0.2) is 102 Å². The van der Waals surface area contributed by atoms with Gasteiger partial charge in [0.1, 0.15) is 30.0 Å². The number of ketones is 1. The minimum atomic E-state index is -2.51. The van der Waals surface area contributed by atoms with Crippen molar-refractivity contribution in [3.05, 3.63) is 119 Å². The van der Waals surface area contributed by atoms with E-state index in [4.69, 9.17) is 28.4 Å². The Bertz CT molecular complexity index is 2560. The largest absolute Gasteiger partial charge is 0.481 e. The number of amides is 1. The van der Waals surface area contributed by atoms with E-state index in [2.05, 4.69) is 5.32 Å². The van der Waals surface area contributed by atoms with Crippen LogP contribution >= 0.6 is 0 Å². The van der Waals surface area contributed by atoms with Gasteiger partial charge in [-0.25, -0.2) is 9.59 Å². The van der Waals surface area contributed by atoms with Crippen molar-refractivity contribution in [1.29, 1.82) is 0 Å². The van der Waals surface area contributed by atoms with Crippen molar-refractivity contribution in [1.82, 2.24) is 5.32 Å². The summed E-state index contributed by atoms with van der Waals surface area (Å²) in [6.07, 6.45) is -12.0. The number of aliphatic carboxylic acids is 1. The Morgan fingerprint density at radius 1 is 0.800 bits per heavy atom. The summed E-state index contributed by atoms with van der Waals surface area (Å²) in [4.78, 5) is 110. The topological polar surface area (TPSA) is 265 Å². The van der Waals surface area contributed by atoms with Crippen molar-refractivity contribution in [3.8, 4) is 0 Å². The van der Waals surface area contributed by atoms with E-state index in [9.17, 15) is 48.9 Å². The van der Waals surface area contributed by atoms with E-state index in [1.165, 1.54) is 39.8 Å². The number of fused-ring (bicyclic) bond motifs is 5. The summed E-state index contributed by atoms with van der Waals surface area (Å²) in [6, 6.07) is 22.5. The van der Waals surface area contributed by atoms with Crippen LogP contribution in [0.2, 0.25) is 0 Å². The molecule has 11 atom stereocenters. The van der Waals surface area contributed by atoms with Gasteiger partial charge in [-0.15, -0.1) is 0 Å². The van der Waals surface area contributed by atoms with Crippen LogP contribution in [0, 0.1) is 16.7 Å². The van der Waals surface area contributed by atoms with Crippen molar-refractivity contribution in [3.63, 3.8) is 0 Å². The maximum atomic E-state index is 16.1. The average molecular weight is 968 g/mol. The van der Waals surface area contributed by atoms with Crippen molar-refractivity contribution in [2.75, 3.05) is 6.61 Å². The molecule has 2 unspecified atom stereocenters. The summed E-state index contributed by atoms with van der Waals surface area (Å²) >= 11 is 0. The van der Waals surface area contributed by atoms with Gasteiger partial charge in [-0.3, -0.25) is 28.8 Å². The lowest BCUT2D eigenvalue weighted by atomic mass is 9.44. The standard InChI is InChI=1S/C52H57NO17/c1-28-34(67-48(63)41(59)40(31-17-10-7-11-18-31)53-46(61)32-19-12-8-13-20-32)26-52(64)45(69-47(62)33-21-14-9-15-22-33)43-50(6,44(60)42(66-29(2)54)39(28)49(52,4)5)35(68-38(58)24-16-23-37(56)57)25-36-51(43,27-65-36)70-30(3)55/h7-15,17-22,34-36,40-43,45,59,64H,16,23-27H2,1-6H3,(H,53,61)(H,56,57)/t34-,35-,36+,40?,41?,42+,43-,45-,50+,51-,52+/m0/s1. The first-order valence-electron chi connectivity index (χ1n) is 23.0. The van der Waals surface area contributed by atoms with Gasteiger partial charge in [-0.05, 0) is 61.2 Å². The number of hydrogen-bond acceptors (Lipinski definition) is 16. The summed E-state index contributed by atoms with van der Waals surface area (Å²) in [7, 11) is 0. The predicted molar refractivity (Wildman–Crippen MR) is 243 cm³/mol. The quantitative estimate of drug-likeness (QED) is 0.0925. The van der Waals surface area contributed by atoms with Gasteiger partial charge < -0.3 is 49.1 Å². The van der Waals surface area contributed by atoms with Crippen LogP contribution in [-0.4, -0.2) is 117 Å². The first-order valence-corrected chi connectivity index (χ1v) is 23.0. The molecule has 4 N–H and O–H groups in total. The molecule has 1 aliphatic heterocycles. The molecular weight excluding hydrogens is 911 g/mol. The maximum Gasteiger partial charge on any atom is 0.338 e. The number of aliphatic hydroxyl groups is 2. The summed E-state index contributed by atoms with van der Waals surface area (Å²) < 4.78 is 36.8. The van der Waals surface area contributed by atoms with E-state index in [-0.39, 0.29) is 48.0 Å². The number of Topliss-reactive ketones (excluding diaryl/α,β-unsaturated/α-hetero) is 1. The predicted octanol–water partition coefficient (Wildman–Crippen LogP) is 4.54. The number of nitrogens with one attached hydrogen (secondary N) is 1. The first-order chi connectivity index (χ1) is 33.1. The van der Waals surface area contributed by atoms with Crippen molar-refractivity contribution in [2.45, 2.75) is 128 Å². The molecule has 0 spiro atoms. The highest BCUT2D eigenvalue weighted by Crippen LogP contribution is 2.65. The number of ether oxygens (including phenoxy) is 6. The molecule has 1 amide bonds. The van der Waals surface area contributed by atoms with Crippen LogP contribution in [0.4, 0.5) is 0 Å². The molecule has 4 aliphatic rings. The summed E-state index contributed by atoms with van der Waals surface area (Å²) in [5.41, 5.74) is -7.76. The molecule has 3 fully saturated rings. The molecule has 2 bridgehead atoms. The molecule has 1 saturated heterocycles. The molecule has 3 aliphatic carbocycles. The molecule has 7 rings (SSSR count). The van der Waals surface area contributed by atoms with Gasteiger partial charge in [0.25, 0.3) is 5.91 Å². The molecule has 3 aromatic carbocycles. The molecule has 70 heavy (non-hydrogen) atoms. The lowest BCUT2D eigenvalue weighted by molar-refractivity contribution is -0.346. The van der Waals surface area contributed by atoms with Gasteiger partial charge >= 0.3 is 35.8 Å². The zero-order chi connectivity index (χ0) is 50.9. The molecule has 0 radical (unpaired) electrons. The van der Waals surface area contributed by atoms with Crippen LogP contribution in [0.25, 0.3) is 0 Å². The normalized spacial score (nSPS) is 29.4. The number of carbonyl (C=O) groups excluding carboxylic acids is 7. The van der Waals surface area contributed by atoms with Crippen LogP contribution in [0.3, 0.4) is 0 Å². The molecule has 18 heteroatoms. The Labute approximate surface area is 403 Å². The lowest BCUT2D eigenvalue weighted by Crippen LogP contribution is -2.82. The van der Waals surface area contributed by atoms with E-state index >= 15 is 4.79 Å². The van der Waals surface area contributed by atoms with Crippen LogP contribution in [0.1, 0.15) is 106 Å². The highest BCUT2D eigenvalue weighted by molar-refractivity contribution is 5.96. The zero-order valence-electron chi connectivity index (χ0n) is 39.6. The van der Waals surface area contributed by atoms with Crippen molar-refractivity contribution < 1.29 is 82.1 Å². The minimum absolute atomic E-state index is 0.00954. The molecule has 18 nitrogen and oxygen atoms in total. The monoisotopic (exact) mass is 967 g/mol. The summed E-state index contributed by atoms with van der Waals surface area (Å²) in [6.45, 7) is 7.67. The number of carbonyl (C=O) groups is 8. The number of carboxylic acids is 1. The van der Waals surface area contributed by atoms with Gasteiger partial charge in [0.05, 0.1) is 29.5 Å². The fraction of sp³-hybridized carbons (Fsp3) is 0.462. The third-order valence-electron chi connectivity index (χ3n) is 14.5. The smallest absolute Gasteiger partial charge is 0.338 e. The number of hydrogen-bond donors (Lipinski definition) is 4. The van der Waals surface area contributed by atoms with Crippen molar-refractivity contribution in [2.24, 2.45) is 16.7 Å². The number of esters is 5. The Kier molecular flexibility index (Phi) is 14.5. The SMILES string of the molecule is CC(=O)O[C@H]1C(=O)[C@]2(C)[C@@H](OC(=O)CCCC(=O)O)C[C@H]3OC[C@@]3(OC(C)=O)[C@H]2[C@H](OC(=O)c2ccccc2)[C@]2(O)C[C@H](OC(=O)C(O)C(NC(=O)c3ccccc3)c3ccccc3)C(C)=C1C2(C)C. The Hall–Kier alpha value is -6.76. The highest BCUT2D eigenvalue weighted by atomic mass is 16.6. The van der Waals surface area contributed by atoms with E-state index in [0.29, 0.717) is 5.56 Å². The van der Waals surface area contributed by atoms with Gasteiger partial charge in [-0.1, -0.05) is 80.6 Å². The third-order valence-corrected chi connectivity index (χ3v) is 14.5. The Morgan fingerprint density at radius 2 is 1.40 bits per heavy atom. The van der Waals surface area contributed by atoms with E-state index in [0.717, 1.165) is 13.8 Å². The minimum Gasteiger partial charge on any atom is -0.481 e. The van der Waals surface area contributed by atoms with Gasteiger partial charge in [-0.2, -0.15) is 0 Å². The maximum absolute atomic E-state index is 16.1. The number of rotatable bonds is 15. The molecule has 372 valence electrons. The first kappa shape index (κ1) is 51.1. The second-order valence-corrected chi connectivity index (χ2v) is 19.1. The van der Waals surface area contributed by atoms with Gasteiger partial charge in [0.2, 0.25) is 0 Å². The fourth-order valence-electron chi connectivity index (χ4n) is 10.9. The molecule has 0 aromatic heterocycles. The Balaban J connectivity index is 1.41. The highest BCUT2D eigenvalue weighted by Gasteiger charge is 2.79. The second kappa shape index (κ2) is 19.9. The third kappa shape index (κ3) is 9.34. The van der Waals surface area contributed by atoms with E-state index in [1.54, 1.807) is 78.9 Å². The van der Waals surface area contributed by atoms with Crippen LogP contribution < -0.4 is 5.32 Å². The number of aliphatic hydroxyl groups excluding tert-OH is 1. The van der Waals surface area contributed by atoms with Gasteiger partial charge in [0.15, 0.2) is 23.6 Å². The Morgan fingerprint density at radius 3 is 1.96 bits per heavy atom. The summed E-state index contributed by atoms with van der Waals surface area (Å²) in [5.74, 6) is -9.40. The van der Waals surface area contributed by atoms with Crippen LogP contribution in [-0.2, 0) is 57.2 Å². The van der Waals surface area contributed by atoms with E-state index in [1.807, 2.05) is 0 Å². The van der Waals surface area contributed by atoms with E-state index < -0.39 is 131 Å². The molecule has 3 aromatic rings. The van der Waals surface area contributed by atoms with Crippen LogP contribution in [0.5, 0.6) is 0 Å². The lowest BCUT2D eigenvalue weighted by Gasteiger charge is -2.67. The number of benzene rings is 3. The average Bonchev–Trinajstić information content (AvgIpc) is 3.31.